The first kappa shape index (κ1) is 12.0. The molecule has 0 aliphatic carbocycles. The highest BCUT2D eigenvalue weighted by Gasteiger charge is 2.12. The van der Waals surface area contributed by atoms with E-state index in [1.165, 1.54) is 12.4 Å². The van der Waals surface area contributed by atoms with Crippen molar-refractivity contribution in [2.45, 2.75) is 13.5 Å². The quantitative estimate of drug-likeness (QED) is 0.566. The van der Waals surface area contributed by atoms with Gasteiger partial charge in [-0.15, -0.1) is 5.10 Å². The van der Waals surface area contributed by atoms with Gasteiger partial charge in [-0.05, 0) is 19.1 Å². The molecule has 3 aromatic heterocycles. The molecule has 0 amide bonds. The van der Waals surface area contributed by atoms with Crippen molar-refractivity contribution in [3.05, 3.63) is 42.7 Å². The van der Waals surface area contributed by atoms with Gasteiger partial charge in [0.2, 0.25) is 0 Å². The van der Waals surface area contributed by atoms with Gasteiger partial charge >= 0.3 is 0 Å². The molecule has 0 fully saturated rings. The van der Waals surface area contributed by atoms with Crippen LogP contribution < -0.4 is 0 Å². The van der Waals surface area contributed by atoms with Crippen molar-refractivity contribution >= 4 is 16.6 Å². The first-order valence-corrected chi connectivity index (χ1v) is 6.58. The lowest BCUT2D eigenvalue weighted by molar-refractivity contribution is 0.636. The molecule has 4 rings (SSSR count). The van der Waals surface area contributed by atoms with Gasteiger partial charge in [0.15, 0.2) is 11.5 Å². The number of aromatic nitrogens is 6. The van der Waals surface area contributed by atoms with Crippen molar-refractivity contribution in [3.8, 4) is 11.4 Å². The third-order valence-electron chi connectivity index (χ3n) is 3.37. The molecule has 0 bridgehead atoms. The van der Waals surface area contributed by atoms with Crippen LogP contribution in [0, 0.1) is 5.82 Å². The third-order valence-corrected chi connectivity index (χ3v) is 3.37. The Morgan fingerprint density at radius 2 is 2.19 bits per heavy atom. The van der Waals surface area contributed by atoms with Crippen LogP contribution in [0.3, 0.4) is 0 Å². The van der Waals surface area contributed by atoms with Gasteiger partial charge in [0.25, 0.3) is 0 Å². The van der Waals surface area contributed by atoms with Gasteiger partial charge < -0.3 is 0 Å². The van der Waals surface area contributed by atoms with Gasteiger partial charge in [-0.3, -0.25) is 4.68 Å². The molecule has 1 aromatic carbocycles. The Bertz CT molecular complexity index is 955. The maximum Gasteiger partial charge on any atom is 0.185 e. The summed E-state index contributed by atoms with van der Waals surface area (Å²) in [6.45, 7) is 2.79. The number of rotatable bonds is 2. The molecule has 3 heterocycles. The molecule has 0 saturated carbocycles. The van der Waals surface area contributed by atoms with E-state index in [1.807, 2.05) is 13.1 Å². The lowest BCUT2D eigenvalue weighted by Crippen LogP contribution is -1.93. The number of fused-ring (bicyclic) bond motifs is 3. The van der Waals surface area contributed by atoms with Crippen molar-refractivity contribution in [2.24, 2.45) is 0 Å². The van der Waals surface area contributed by atoms with Gasteiger partial charge in [-0.2, -0.15) is 5.10 Å². The summed E-state index contributed by atoms with van der Waals surface area (Å²) in [6.07, 6.45) is 5.07. The zero-order chi connectivity index (χ0) is 14.4. The zero-order valence-corrected chi connectivity index (χ0v) is 11.2. The molecule has 6 nitrogen and oxygen atoms in total. The first-order chi connectivity index (χ1) is 10.3. The smallest absolute Gasteiger partial charge is 0.185 e. The molecule has 0 radical (unpaired) electrons. The summed E-state index contributed by atoms with van der Waals surface area (Å²) in [5.74, 6) is 0.187. The predicted octanol–water partition coefficient (Wildman–Crippen LogP) is 2.30. The molecule has 0 saturated heterocycles. The number of benzene rings is 1. The molecular weight excluding hydrogens is 271 g/mol. The van der Waals surface area contributed by atoms with Crippen LogP contribution in [-0.2, 0) is 6.54 Å². The summed E-state index contributed by atoms with van der Waals surface area (Å²) < 4.78 is 17.1. The first-order valence-electron chi connectivity index (χ1n) is 6.58. The fraction of sp³-hybridized carbons (Fsp3) is 0.143. The average Bonchev–Trinajstić information content (AvgIpc) is 3.13. The van der Waals surface area contributed by atoms with Gasteiger partial charge in [-0.25, -0.2) is 18.9 Å². The molecule has 21 heavy (non-hydrogen) atoms. The second kappa shape index (κ2) is 4.34. The molecule has 0 aliphatic rings. The van der Waals surface area contributed by atoms with E-state index >= 15 is 0 Å². The molecule has 0 unspecified atom stereocenters. The van der Waals surface area contributed by atoms with Crippen LogP contribution >= 0.6 is 0 Å². The highest BCUT2D eigenvalue weighted by atomic mass is 19.1. The van der Waals surface area contributed by atoms with Crippen molar-refractivity contribution in [1.29, 1.82) is 0 Å². The summed E-state index contributed by atoms with van der Waals surface area (Å²) in [5, 5.41) is 9.23. The van der Waals surface area contributed by atoms with E-state index in [4.69, 9.17) is 0 Å². The second-order valence-corrected chi connectivity index (χ2v) is 4.67. The van der Waals surface area contributed by atoms with Gasteiger partial charge in [0.05, 0.1) is 11.8 Å². The van der Waals surface area contributed by atoms with E-state index in [-0.39, 0.29) is 5.82 Å². The molecule has 0 N–H and O–H groups in total. The Kier molecular flexibility index (Phi) is 2.47. The topological polar surface area (TPSA) is 60.9 Å². The largest absolute Gasteiger partial charge is 0.272 e. The van der Waals surface area contributed by atoms with E-state index in [0.29, 0.717) is 22.4 Å². The van der Waals surface area contributed by atoms with Crippen molar-refractivity contribution in [3.63, 3.8) is 0 Å². The Hall–Kier alpha value is -2.83. The standard InChI is InChI=1S/C14H11FN6/c1-2-20-7-9(6-17-20)13-18-14-10-4-3-5-11(15)12(10)16-8-21(14)19-13/h3-8H,2H2,1H3. The highest BCUT2D eigenvalue weighted by Crippen LogP contribution is 2.22. The number of hydrogen-bond donors (Lipinski definition) is 0. The molecule has 0 aliphatic heterocycles. The van der Waals surface area contributed by atoms with E-state index in [1.54, 1.807) is 27.5 Å². The van der Waals surface area contributed by atoms with Gasteiger partial charge in [0.1, 0.15) is 17.7 Å². The fourth-order valence-electron chi connectivity index (χ4n) is 2.30. The summed E-state index contributed by atoms with van der Waals surface area (Å²) in [6, 6.07) is 4.81. The van der Waals surface area contributed by atoms with Crippen LogP contribution in [0.15, 0.2) is 36.9 Å². The van der Waals surface area contributed by atoms with E-state index in [0.717, 1.165) is 12.1 Å². The lowest BCUT2D eigenvalue weighted by Gasteiger charge is -1.98. The van der Waals surface area contributed by atoms with Gasteiger partial charge in [0, 0.05) is 18.1 Å². The SMILES string of the molecule is CCn1cc(-c2nc3c4cccc(F)c4ncn3n2)cn1. The third kappa shape index (κ3) is 1.78. The summed E-state index contributed by atoms with van der Waals surface area (Å²) >= 11 is 0. The number of aryl methyl sites for hydroxylation is 1. The van der Waals surface area contributed by atoms with Crippen LogP contribution in [0.25, 0.3) is 27.9 Å². The minimum absolute atomic E-state index is 0.299. The Balaban J connectivity index is 1.97. The predicted molar refractivity (Wildman–Crippen MR) is 75.1 cm³/mol. The molecule has 104 valence electrons. The van der Waals surface area contributed by atoms with Crippen molar-refractivity contribution < 1.29 is 4.39 Å². The normalized spacial score (nSPS) is 11.5. The zero-order valence-electron chi connectivity index (χ0n) is 11.2. The lowest BCUT2D eigenvalue weighted by atomic mass is 10.2. The van der Waals surface area contributed by atoms with Gasteiger partial charge in [-0.1, -0.05) is 6.07 Å². The molecule has 7 heteroatoms. The van der Waals surface area contributed by atoms with Crippen LogP contribution in [0.4, 0.5) is 4.39 Å². The fourth-order valence-corrected chi connectivity index (χ4v) is 2.30. The number of para-hydroxylation sites is 1. The molecule has 4 aromatic rings. The number of halogens is 1. The van der Waals surface area contributed by atoms with Crippen LogP contribution in [0.1, 0.15) is 6.92 Å². The van der Waals surface area contributed by atoms with Crippen molar-refractivity contribution in [1.82, 2.24) is 29.4 Å². The van der Waals surface area contributed by atoms with E-state index < -0.39 is 0 Å². The summed E-state index contributed by atoms with van der Waals surface area (Å²) in [4.78, 5) is 8.59. The summed E-state index contributed by atoms with van der Waals surface area (Å²) in [5.41, 5.74) is 1.71. The highest BCUT2D eigenvalue weighted by molar-refractivity contribution is 5.91. The van der Waals surface area contributed by atoms with Crippen LogP contribution in [0.5, 0.6) is 0 Å². The maximum atomic E-state index is 13.8. The Labute approximate surface area is 118 Å². The minimum Gasteiger partial charge on any atom is -0.272 e. The monoisotopic (exact) mass is 282 g/mol. The van der Waals surface area contributed by atoms with E-state index in [9.17, 15) is 4.39 Å². The molecule has 0 spiro atoms. The van der Waals surface area contributed by atoms with Crippen LogP contribution in [-0.4, -0.2) is 29.4 Å². The number of hydrogen-bond acceptors (Lipinski definition) is 4. The second-order valence-electron chi connectivity index (χ2n) is 4.67. The van der Waals surface area contributed by atoms with E-state index in [2.05, 4.69) is 20.2 Å². The van der Waals surface area contributed by atoms with Crippen LogP contribution in [0.2, 0.25) is 0 Å². The Morgan fingerprint density at radius 1 is 1.29 bits per heavy atom. The Morgan fingerprint density at radius 3 is 3.00 bits per heavy atom. The minimum atomic E-state index is -0.363. The summed E-state index contributed by atoms with van der Waals surface area (Å²) in [7, 11) is 0. The number of nitrogens with zero attached hydrogens (tertiary/aromatic N) is 6. The molecular formula is C14H11FN6. The average molecular weight is 282 g/mol. The molecule has 0 atom stereocenters. The van der Waals surface area contributed by atoms with Crippen molar-refractivity contribution in [2.75, 3.05) is 0 Å². The maximum absolute atomic E-state index is 13.8.